The minimum absolute atomic E-state index is 0.120. The molecule has 0 bridgehead atoms. The average molecular weight is 332 g/mol. The Balaban J connectivity index is 2.20. The maximum absolute atomic E-state index is 5.24. The maximum atomic E-state index is 5.24. The van der Waals surface area contributed by atoms with Crippen LogP contribution in [-0.2, 0) is 23.2 Å². The van der Waals surface area contributed by atoms with Crippen LogP contribution in [0.25, 0.3) is 0 Å². The number of ether oxygens (including phenoxy) is 1. The van der Waals surface area contributed by atoms with Crippen LogP contribution < -0.4 is 5.32 Å². The van der Waals surface area contributed by atoms with E-state index in [0.29, 0.717) is 6.61 Å². The Labute approximate surface area is 144 Å². The van der Waals surface area contributed by atoms with Gasteiger partial charge in [-0.15, -0.1) is 0 Å². The molecule has 0 aromatic carbocycles. The molecule has 0 fully saturated rings. The highest BCUT2D eigenvalue weighted by atomic mass is 16.5. The van der Waals surface area contributed by atoms with Gasteiger partial charge in [0, 0.05) is 30.2 Å². The maximum Gasteiger partial charge on any atom is 0.137 e. The molecule has 0 aliphatic rings. The third-order valence-electron chi connectivity index (χ3n) is 3.83. The molecule has 2 rings (SSSR count). The topological polar surface area (TPSA) is 73.1 Å². The predicted octanol–water partition coefficient (Wildman–Crippen LogP) is 3.57. The van der Waals surface area contributed by atoms with Crippen LogP contribution in [0.15, 0.2) is 10.6 Å². The highest BCUT2D eigenvalue weighted by Gasteiger charge is 2.20. The Kier molecular flexibility index (Phi) is 5.59. The molecule has 0 saturated heterocycles. The fraction of sp³-hybridized carbons (Fsp3) is 0.611. The van der Waals surface area contributed by atoms with Gasteiger partial charge in [0.2, 0.25) is 0 Å². The lowest BCUT2D eigenvalue weighted by Crippen LogP contribution is -2.23. The molecule has 0 aliphatic heterocycles. The average Bonchev–Trinajstić information content (AvgIpc) is 2.78. The Morgan fingerprint density at radius 3 is 2.50 bits per heavy atom. The van der Waals surface area contributed by atoms with Crippen molar-refractivity contribution in [3.8, 4) is 0 Å². The summed E-state index contributed by atoms with van der Waals surface area (Å²) in [4.78, 5) is 9.29. The lowest BCUT2D eigenvalue weighted by Gasteiger charge is -2.20. The number of hydrogen-bond acceptors (Lipinski definition) is 6. The first-order valence-corrected chi connectivity index (χ1v) is 8.26. The van der Waals surface area contributed by atoms with Crippen LogP contribution in [0.5, 0.6) is 0 Å². The molecule has 6 nitrogen and oxygen atoms in total. The first-order valence-electron chi connectivity index (χ1n) is 8.26. The Morgan fingerprint density at radius 1 is 1.25 bits per heavy atom. The summed E-state index contributed by atoms with van der Waals surface area (Å²) >= 11 is 0. The molecule has 132 valence electrons. The molecule has 0 spiro atoms. The van der Waals surface area contributed by atoms with E-state index in [2.05, 4.69) is 48.1 Å². The lowest BCUT2D eigenvalue weighted by atomic mass is 9.95. The van der Waals surface area contributed by atoms with Gasteiger partial charge in [0.15, 0.2) is 0 Å². The number of nitrogens with one attached hydrogen (secondary N) is 1. The van der Waals surface area contributed by atoms with Gasteiger partial charge in [0.1, 0.15) is 17.4 Å². The molecule has 2 heterocycles. The zero-order valence-electron chi connectivity index (χ0n) is 15.7. The van der Waals surface area contributed by atoms with Gasteiger partial charge < -0.3 is 14.6 Å². The van der Waals surface area contributed by atoms with E-state index in [1.54, 1.807) is 7.11 Å². The highest BCUT2D eigenvalue weighted by molar-refractivity contribution is 5.38. The molecule has 2 aromatic heterocycles. The zero-order valence-corrected chi connectivity index (χ0v) is 15.7. The van der Waals surface area contributed by atoms with E-state index < -0.39 is 0 Å². The van der Waals surface area contributed by atoms with E-state index in [1.807, 2.05) is 19.9 Å². The second-order valence-electron chi connectivity index (χ2n) is 7.30. The fourth-order valence-corrected chi connectivity index (χ4v) is 2.53. The van der Waals surface area contributed by atoms with Crippen LogP contribution in [0.2, 0.25) is 0 Å². The van der Waals surface area contributed by atoms with E-state index in [1.165, 1.54) is 0 Å². The summed E-state index contributed by atoms with van der Waals surface area (Å²) in [7, 11) is 1.67. The molecule has 2 aromatic rings. The summed E-state index contributed by atoms with van der Waals surface area (Å²) in [6, 6.07) is 2.14. The second kappa shape index (κ2) is 7.30. The number of aromatic nitrogens is 3. The summed E-state index contributed by atoms with van der Waals surface area (Å²) in [6.45, 7) is 12.8. The van der Waals surface area contributed by atoms with Crippen molar-refractivity contribution in [2.75, 3.05) is 12.4 Å². The van der Waals surface area contributed by atoms with Crippen LogP contribution in [0.4, 0.5) is 5.82 Å². The first kappa shape index (κ1) is 18.4. The minimum atomic E-state index is -0.120. The van der Waals surface area contributed by atoms with Gasteiger partial charge in [-0.3, -0.25) is 0 Å². The number of methoxy groups -OCH3 is 1. The van der Waals surface area contributed by atoms with Crippen molar-refractivity contribution in [1.82, 2.24) is 15.1 Å². The molecule has 0 amide bonds. The number of anilines is 1. The number of nitrogens with zero attached hydrogens (tertiary/aromatic N) is 3. The fourth-order valence-electron chi connectivity index (χ4n) is 2.53. The molecule has 1 N–H and O–H groups in total. The van der Waals surface area contributed by atoms with Crippen molar-refractivity contribution in [2.45, 2.75) is 66.0 Å². The Hall–Kier alpha value is -1.95. The van der Waals surface area contributed by atoms with Crippen molar-refractivity contribution in [2.24, 2.45) is 0 Å². The quantitative estimate of drug-likeness (QED) is 0.872. The Morgan fingerprint density at radius 2 is 1.96 bits per heavy atom. The third-order valence-corrected chi connectivity index (χ3v) is 3.83. The van der Waals surface area contributed by atoms with Crippen LogP contribution >= 0.6 is 0 Å². The summed E-state index contributed by atoms with van der Waals surface area (Å²) in [6.07, 6.45) is 0.829. The van der Waals surface area contributed by atoms with E-state index in [9.17, 15) is 0 Å². The van der Waals surface area contributed by atoms with Gasteiger partial charge >= 0.3 is 0 Å². The van der Waals surface area contributed by atoms with Gasteiger partial charge in [0.05, 0.1) is 18.0 Å². The smallest absolute Gasteiger partial charge is 0.137 e. The molecule has 1 atom stereocenters. The van der Waals surface area contributed by atoms with Gasteiger partial charge in [-0.1, -0.05) is 25.9 Å². The highest BCUT2D eigenvalue weighted by Crippen LogP contribution is 2.22. The summed E-state index contributed by atoms with van der Waals surface area (Å²) in [5, 5.41) is 7.49. The molecular weight excluding hydrogens is 304 g/mol. The monoisotopic (exact) mass is 332 g/mol. The van der Waals surface area contributed by atoms with E-state index >= 15 is 0 Å². The normalized spacial score (nSPS) is 13.1. The van der Waals surface area contributed by atoms with Crippen LogP contribution in [0.3, 0.4) is 0 Å². The minimum Gasteiger partial charge on any atom is -0.378 e. The van der Waals surface area contributed by atoms with Gasteiger partial charge in [-0.05, 0) is 27.2 Å². The van der Waals surface area contributed by atoms with Crippen molar-refractivity contribution in [3.05, 3.63) is 34.6 Å². The molecular formula is C18H28N4O2. The van der Waals surface area contributed by atoms with Crippen molar-refractivity contribution < 1.29 is 9.26 Å². The molecule has 0 radical (unpaired) electrons. The second-order valence-corrected chi connectivity index (χ2v) is 7.30. The lowest BCUT2D eigenvalue weighted by molar-refractivity contribution is 0.181. The first-order chi connectivity index (χ1) is 11.2. The number of rotatable bonds is 6. The number of hydrogen-bond donors (Lipinski definition) is 1. The summed E-state index contributed by atoms with van der Waals surface area (Å²) in [5.74, 6) is 2.50. The standard InChI is InChI=1S/C18H28N4O2/c1-11(8-15-12(2)22-24-13(15)3)19-16-9-14(10-23-7)20-17(21-16)18(4,5)6/h9,11H,8,10H2,1-7H3,(H,19,20,21). The van der Waals surface area contributed by atoms with Crippen LogP contribution in [0.1, 0.15) is 56.2 Å². The van der Waals surface area contributed by atoms with E-state index in [-0.39, 0.29) is 11.5 Å². The van der Waals surface area contributed by atoms with Crippen molar-refractivity contribution in [1.29, 1.82) is 0 Å². The molecule has 24 heavy (non-hydrogen) atoms. The van der Waals surface area contributed by atoms with Gasteiger partial charge in [-0.2, -0.15) is 0 Å². The van der Waals surface area contributed by atoms with Crippen LogP contribution in [0, 0.1) is 13.8 Å². The number of aryl methyl sites for hydroxylation is 2. The predicted molar refractivity (Wildman–Crippen MR) is 94.2 cm³/mol. The summed E-state index contributed by atoms with van der Waals surface area (Å²) < 4.78 is 10.5. The largest absolute Gasteiger partial charge is 0.378 e. The third kappa shape index (κ3) is 4.54. The zero-order chi connectivity index (χ0) is 17.9. The summed E-state index contributed by atoms with van der Waals surface area (Å²) in [5.41, 5.74) is 2.85. The van der Waals surface area contributed by atoms with Crippen LogP contribution in [-0.4, -0.2) is 28.3 Å². The Bertz CT molecular complexity index is 669. The molecule has 6 heteroatoms. The van der Waals surface area contributed by atoms with Crippen molar-refractivity contribution in [3.63, 3.8) is 0 Å². The van der Waals surface area contributed by atoms with Gasteiger partial charge in [0.25, 0.3) is 0 Å². The van der Waals surface area contributed by atoms with E-state index in [0.717, 1.165) is 40.8 Å². The van der Waals surface area contributed by atoms with Gasteiger partial charge in [-0.25, -0.2) is 9.97 Å². The molecule has 0 aliphatic carbocycles. The molecule has 0 saturated carbocycles. The van der Waals surface area contributed by atoms with E-state index in [4.69, 9.17) is 9.26 Å². The SMILES string of the molecule is COCc1cc(NC(C)Cc2c(C)noc2C)nc(C(C)(C)C)n1. The van der Waals surface area contributed by atoms with Crippen molar-refractivity contribution >= 4 is 5.82 Å². The molecule has 1 unspecified atom stereocenters.